The third kappa shape index (κ3) is 7.78. The molecule has 0 aliphatic rings. The van der Waals surface area contributed by atoms with Gasteiger partial charge >= 0.3 is 17.9 Å². The zero-order chi connectivity index (χ0) is 22.7. The highest BCUT2D eigenvalue weighted by Gasteiger charge is 2.17. The lowest BCUT2D eigenvalue weighted by molar-refractivity contribution is -0.142. The maximum absolute atomic E-state index is 12.4. The summed E-state index contributed by atoms with van der Waals surface area (Å²) in [5.41, 5.74) is -0.0867. The van der Waals surface area contributed by atoms with Crippen molar-refractivity contribution in [1.82, 2.24) is 0 Å². The van der Waals surface area contributed by atoms with E-state index in [0.717, 1.165) is 12.2 Å². The number of esters is 3. The van der Waals surface area contributed by atoms with Gasteiger partial charge in [0.1, 0.15) is 17.9 Å². The smallest absolute Gasteiger partial charge is 0.334 e. The Kier molecular flexibility index (Phi) is 9.81. The topological polar surface area (TPSA) is 136 Å². The van der Waals surface area contributed by atoms with Gasteiger partial charge in [-0.3, -0.25) is 9.59 Å². The first-order chi connectivity index (χ1) is 14.2. The first-order valence-electron chi connectivity index (χ1n) is 9.21. The van der Waals surface area contributed by atoms with E-state index in [9.17, 15) is 29.4 Å². The molecule has 1 aromatic rings. The lowest BCUT2D eigenvalue weighted by Gasteiger charge is -2.09. The van der Waals surface area contributed by atoms with Crippen LogP contribution in [0.2, 0.25) is 0 Å². The fraction of sp³-hybridized carbons (Fsp3) is 0.333. The Hall–Kier alpha value is -3.62. The Morgan fingerprint density at radius 2 is 1.13 bits per heavy atom. The molecular formula is C21H24O9. The van der Waals surface area contributed by atoms with Gasteiger partial charge in [0.15, 0.2) is 5.78 Å². The summed E-state index contributed by atoms with van der Waals surface area (Å²) < 4.78 is 14.2. The SMILES string of the molecule is CCOC(=O)/C=C(\O)c1cc(C(=O)CC(=O)OCC)cc(/C(O)=C/C(=O)OCC)c1. The lowest BCUT2D eigenvalue weighted by Crippen LogP contribution is -2.12. The Balaban J connectivity index is 3.40. The highest BCUT2D eigenvalue weighted by atomic mass is 16.5. The molecule has 0 unspecified atom stereocenters. The summed E-state index contributed by atoms with van der Waals surface area (Å²) in [7, 11) is 0. The van der Waals surface area contributed by atoms with Crippen molar-refractivity contribution in [2.24, 2.45) is 0 Å². The summed E-state index contributed by atoms with van der Waals surface area (Å²) in [5, 5.41) is 20.5. The summed E-state index contributed by atoms with van der Waals surface area (Å²) >= 11 is 0. The van der Waals surface area contributed by atoms with Gasteiger partial charge in [-0.15, -0.1) is 0 Å². The molecular weight excluding hydrogens is 396 g/mol. The summed E-state index contributed by atoms with van der Waals surface area (Å²) in [5.74, 6) is -4.09. The van der Waals surface area contributed by atoms with Gasteiger partial charge in [0.2, 0.25) is 0 Å². The molecule has 0 saturated carbocycles. The van der Waals surface area contributed by atoms with E-state index in [1.54, 1.807) is 20.8 Å². The lowest BCUT2D eigenvalue weighted by atomic mass is 9.99. The molecule has 162 valence electrons. The summed E-state index contributed by atoms with van der Waals surface area (Å²) in [6.07, 6.45) is 1.03. The van der Waals surface area contributed by atoms with Crippen molar-refractivity contribution in [3.63, 3.8) is 0 Å². The van der Waals surface area contributed by atoms with Crippen LogP contribution in [-0.2, 0) is 28.6 Å². The zero-order valence-electron chi connectivity index (χ0n) is 17.0. The van der Waals surface area contributed by atoms with Gasteiger partial charge in [0, 0.05) is 16.7 Å². The molecule has 30 heavy (non-hydrogen) atoms. The second-order valence-electron chi connectivity index (χ2n) is 5.77. The first-order valence-corrected chi connectivity index (χ1v) is 9.21. The number of rotatable bonds is 10. The van der Waals surface area contributed by atoms with Gasteiger partial charge in [0.25, 0.3) is 0 Å². The van der Waals surface area contributed by atoms with Crippen molar-refractivity contribution in [2.45, 2.75) is 27.2 Å². The molecule has 0 saturated heterocycles. The van der Waals surface area contributed by atoms with Gasteiger partial charge < -0.3 is 24.4 Å². The first kappa shape index (κ1) is 24.4. The second-order valence-corrected chi connectivity index (χ2v) is 5.77. The number of hydrogen-bond acceptors (Lipinski definition) is 9. The predicted molar refractivity (Wildman–Crippen MR) is 107 cm³/mol. The third-order valence-electron chi connectivity index (χ3n) is 3.54. The van der Waals surface area contributed by atoms with Gasteiger partial charge in [-0.2, -0.15) is 0 Å². The maximum atomic E-state index is 12.4. The molecule has 0 atom stereocenters. The number of ether oxygens (including phenoxy) is 3. The van der Waals surface area contributed by atoms with E-state index < -0.39 is 41.6 Å². The Bertz CT molecular complexity index is 813. The summed E-state index contributed by atoms with van der Waals surface area (Å²) in [4.78, 5) is 47.2. The van der Waals surface area contributed by atoms with E-state index in [1.165, 1.54) is 18.2 Å². The normalized spacial score (nSPS) is 11.6. The van der Waals surface area contributed by atoms with Crippen LogP contribution in [0.4, 0.5) is 0 Å². The number of carbonyl (C=O) groups is 4. The Labute approximate surface area is 173 Å². The molecule has 0 spiro atoms. The molecule has 9 heteroatoms. The second kappa shape index (κ2) is 12.1. The molecule has 0 aromatic heterocycles. The Morgan fingerprint density at radius 1 is 0.733 bits per heavy atom. The predicted octanol–water partition coefficient (Wildman–Crippen LogP) is 2.75. The number of aliphatic hydroxyl groups excluding tert-OH is 2. The van der Waals surface area contributed by atoms with Crippen molar-refractivity contribution in [3.8, 4) is 0 Å². The number of ketones is 1. The summed E-state index contributed by atoms with van der Waals surface area (Å²) in [6.45, 7) is 5.06. The minimum Gasteiger partial charge on any atom is -0.507 e. The number of aliphatic hydroxyl groups is 2. The molecule has 1 aromatic carbocycles. The average Bonchev–Trinajstić information content (AvgIpc) is 2.67. The fourth-order valence-electron chi connectivity index (χ4n) is 2.29. The van der Waals surface area contributed by atoms with Crippen LogP contribution in [0.1, 0.15) is 48.7 Å². The van der Waals surface area contributed by atoms with E-state index in [2.05, 4.69) is 0 Å². The summed E-state index contributed by atoms with van der Waals surface area (Å²) in [6, 6.07) is 3.71. The minimum absolute atomic E-state index is 0.0171. The fourth-order valence-corrected chi connectivity index (χ4v) is 2.29. The van der Waals surface area contributed by atoms with Crippen molar-refractivity contribution < 1.29 is 43.6 Å². The average molecular weight is 420 g/mol. The van der Waals surface area contributed by atoms with Crippen molar-refractivity contribution in [2.75, 3.05) is 19.8 Å². The largest absolute Gasteiger partial charge is 0.507 e. The van der Waals surface area contributed by atoms with Crippen LogP contribution >= 0.6 is 0 Å². The van der Waals surface area contributed by atoms with Gasteiger partial charge in [-0.25, -0.2) is 9.59 Å². The molecule has 9 nitrogen and oxygen atoms in total. The van der Waals surface area contributed by atoms with E-state index in [1.807, 2.05) is 0 Å². The highest BCUT2D eigenvalue weighted by molar-refractivity contribution is 6.07. The maximum Gasteiger partial charge on any atom is 0.334 e. The van der Waals surface area contributed by atoms with Crippen LogP contribution < -0.4 is 0 Å². The quantitative estimate of drug-likeness (QED) is 0.146. The zero-order valence-corrected chi connectivity index (χ0v) is 17.0. The van der Waals surface area contributed by atoms with Crippen molar-refractivity contribution in [1.29, 1.82) is 0 Å². The molecule has 0 amide bonds. The molecule has 0 bridgehead atoms. The van der Waals surface area contributed by atoms with Crippen LogP contribution in [0.25, 0.3) is 11.5 Å². The standard InChI is InChI=1S/C21H24O9/c1-4-28-19(25)10-16(22)13-7-14(17(23)11-20(26)29-5-2)9-15(8-13)18(24)12-21(27)30-6-3/h7-11,22-23H,4-6,12H2,1-3H3/b16-10-,17-11-. The van der Waals surface area contributed by atoms with E-state index >= 15 is 0 Å². The molecule has 0 fully saturated rings. The Morgan fingerprint density at radius 3 is 1.53 bits per heavy atom. The van der Waals surface area contributed by atoms with E-state index in [4.69, 9.17) is 14.2 Å². The van der Waals surface area contributed by atoms with Gasteiger partial charge in [-0.05, 0) is 39.0 Å². The third-order valence-corrected chi connectivity index (χ3v) is 3.54. The van der Waals surface area contributed by atoms with Crippen molar-refractivity contribution in [3.05, 3.63) is 47.0 Å². The highest BCUT2D eigenvalue weighted by Crippen LogP contribution is 2.22. The number of benzene rings is 1. The van der Waals surface area contributed by atoms with Gasteiger partial charge in [-0.1, -0.05) is 0 Å². The number of carbonyl (C=O) groups excluding carboxylic acids is 4. The van der Waals surface area contributed by atoms with Crippen LogP contribution in [0.3, 0.4) is 0 Å². The molecule has 0 aliphatic heterocycles. The van der Waals surface area contributed by atoms with Gasteiger partial charge in [0.05, 0.1) is 32.0 Å². The monoisotopic (exact) mass is 420 g/mol. The molecule has 0 heterocycles. The van der Waals surface area contributed by atoms with Crippen LogP contribution in [0.15, 0.2) is 30.4 Å². The minimum atomic E-state index is -0.814. The van der Waals surface area contributed by atoms with Crippen LogP contribution in [-0.4, -0.2) is 53.7 Å². The molecule has 0 radical (unpaired) electrons. The van der Waals surface area contributed by atoms with E-state index in [0.29, 0.717) is 0 Å². The molecule has 2 N–H and O–H groups in total. The van der Waals surface area contributed by atoms with Crippen LogP contribution in [0.5, 0.6) is 0 Å². The number of Topliss-reactive ketones (excluding diaryl/α,β-unsaturated/α-hetero) is 1. The molecule has 0 aliphatic carbocycles. The molecule has 1 rings (SSSR count). The van der Waals surface area contributed by atoms with Crippen molar-refractivity contribution >= 4 is 35.2 Å². The van der Waals surface area contributed by atoms with E-state index in [-0.39, 0.29) is 36.5 Å². The van der Waals surface area contributed by atoms with Crippen LogP contribution in [0, 0.1) is 0 Å². The number of hydrogen-bond donors (Lipinski definition) is 2.